The number of hydrogen-bond acceptors (Lipinski definition) is 5. The summed E-state index contributed by atoms with van der Waals surface area (Å²) in [5.74, 6) is -1.39. The molecule has 1 amide bonds. The van der Waals surface area contributed by atoms with E-state index in [1.165, 1.54) is 17.4 Å². The maximum atomic E-state index is 15.0. The van der Waals surface area contributed by atoms with Crippen molar-refractivity contribution in [2.75, 3.05) is 10.6 Å². The van der Waals surface area contributed by atoms with Crippen LogP contribution >= 0.6 is 11.3 Å². The number of hydrogen-bond donors (Lipinski definition) is 2. The minimum Gasteiger partial charge on any atom is -0.347 e. The summed E-state index contributed by atoms with van der Waals surface area (Å²) >= 11 is 1.47. The molecule has 0 aliphatic heterocycles. The minimum atomic E-state index is -0.882. The summed E-state index contributed by atoms with van der Waals surface area (Å²) in [5, 5.41) is 6.94. The number of aromatic nitrogens is 3. The number of amides is 1. The van der Waals surface area contributed by atoms with E-state index in [2.05, 4.69) is 45.6 Å². The molecule has 6 nitrogen and oxygen atoms in total. The first-order valence-electron chi connectivity index (χ1n) is 10.4. The van der Waals surface area contributed by atoms with Gasteiger partial charge in [-0.05, 0) is 31.1 Å². The van der Waals surface area contributed by atoms with Gasteiger partial charge in [-0.3, -0.25) is 4.79 Å². The number of halogens is 2. The zero-order valence-corrected chi connectivity index (χ0v) is 19.3. The Labute approximate surface area is 194 Å². The minimum absolute atomic E-state index is 0.0713. The van der Waals surface area contributed by atoms with Gasteiger partial charge in [0.25, 0.3) is 0 Å². The van der Waals surface area contributed by atoms with Crippen molar-refractivity contribution >= 4 is 44.8 Å². The van der Waals surface area contributed by atoms with Crippen molar-refractivity contribution in [3.8, 4) is 11.3 Å². The van der Waals surface area contributed by atoms with Crippen molar-refractivity contribution in [2.45, 2.75) is 27.3 Å². The first kappa shape index (κ1) is 22.6. The Hall–Kier alpha value is -3.59. The fourth-order valence-electron chi connectivity index (χ4n) is 3.54. The Balaban J connectivity index is 1.90. The van der Waals surface area contributed by atoms with Crippen molar-refractivity contribution < 1.29 is 13.6 Å². The van der Waals surface area contributed by atoms with Gasteiger partial charge in [0.2, 0.25) is 5.91 Å². The number of carbonyl (C=O) groups excluding carboxylic acids is 1. The summed E-state index contributed by atoms with van der Waals surface area (Å²) in [6.45, 7) is 10.3. The maximum absolute atomic E-state index is 15.0. The fraction of sp³-hybridized carbons (Fsp3) is 0.208. The number of carbonyl (C=O) groups is 1. The van der Waals surface area contributed by atoms with Gasteiger partial charge in [0, 0.05) is 46.9 Å². The number of benzene rings is 1. The lowest BCUT2D eigenvalue weighted by Gasteiger charge is -2.13. The molecule has 0 aliphatic carbocycles. The lowest BCUT2D eigenvalue weighted by Crippen LogP contribution is -2.09. The number of nitrogens with zero attached hydrogens (tertiary/aromatic N) is 3. The molecule has 3 aromatic heterocycles. The number of nitrogens with one attached hydrogen (secondary N) is 2. The predicted molar refractivity (Wildman–Crippen MR) is 129 cm³/mol. The third-order valence-corrected chi connectivity index (χ3v) is 5.77. The first-order chi connectivity index (χ1) is 15.7. The highest BCUT2D eigenvalue weighted by atomic mass is 32.1. The topological polar surface area (TPSA) is 71.8 Å². The lowest BCUT2D eigenvalue weighted by atomic mass is 10.1. The van der Waals surface area contributed by atoms with Crippen LogP contribution in [0.15, 0.2) is 49.3 Å². The van der Waals surface area contributed by atoms with Crippen LogP contribution in [-0.4, -0.2) is 20.4 Å². The second-order valence-electron chi connectivity index (χ2n) is 8.06. The standard InChI is InChI=1S/C24H23F2N5OS/c1-5-22(32)28-19-8-16(17(25)9-18(19)26)23-15-6-7-31(12-13(2)3)20(15)10-21(29-23)30-24-27-11-14(4)33-24/h5-11,13H,1,12H2,2-4H3,(H,28,32)(H,27,29,30). The Morgan fingerprint density at radius 2 is 2.06 bits per heavy atom. The predicted octanol–water partition coefficient (Wildman–Crippen LogP) is 6.27. The van der Waals surface area contributed by atoms with Crippen molar-refractivity contribution in [1.82, 2.24) is 14.5 Å². The molecule has 0 saturated carbocycles. The molecule has 0 fully saturated rings. The molecule has 0 aliphatic rings. The van der Waals surface area contributed by atoms with Crippen LogP contribution in [0.3, 0.4) is 0 Å². The van der Waals surface area contributed by atoms with Gasteiger partial charge in [-0.15, -0.1) is 11.3 Å². The van der Waals surface area contributed by atoms with Crippen LogP contribution in [-0.2, 0) is 11.3 Å². The average molecular weight is 468 g/mol. The van der Waals surface area contributed by atoms with Gasteiger partial charge < -0.3 is 15.2 Å². The van der Waals surface area contributed by atoms with E-state index >= 15 is 0 Å². The number of rotatable bonds is 7. The molecular formula is C24H23F2N5OS. The van der Waals surface area contributed by atoms with Crippen molar-refractivity contribution in [3.63, 3.8) is 0 Å². The molecule has 1 aromatic carbocycles. The molecule has 0 unspecified atom stereocenters. The van der Waals surface area contributed by atoms with E-state index in [1.807, 2.05) is 25.3 Å². The Morgan fingerprint density at radius 1 is 1.27 bits per heavy atom. The number of pyridine rings is 1. The van der Waals surface area contributed by atoms with Crippen LogP contribution in [0.2, 0.25) is 0 Å². The number of thiazole rings is 1. The second-order valence-corrected chi connectivity index (χ2v) is 9.29. The Bertz CT molecular complexity index is 1360. The summed E-state index contributed by atoms with van der Waals surface area (Å²) in [5.41, 5.74) is 1.10. The second kappa shape index (κ2) is 9.11. The van der Waals surface area contributed by atoms with E-state index in [4.69, 9.17) is 0 Å². The van der Waals surface area contributed by atoms with Crippen LogP contribution < -0.4 is 10.6 Å². The number of anilines is 3. The van der Waals surface area contributed by atoms with Gasteiger partial charge in [-0.25, -0.2) is 18.7 Å². The Kier molecular flexibility index (Phi) is 6.24. The SMILES string of the molecule is C=CC(=O)Nc1cc(-c2nc(Nc3ncc(C)s3)cc3c2ccn3CC(C)C)c(F)cc1F. The lowest BCUT2D eigenvalue weighted by molar-refractivity contribution is -0.111. The highest BCUT2D eigenvalue weighted by molar-refractivity contribution is 7.15. The molecule has 4 rings (SSSR count). The van der Waals surface area contributed by atoms with Crippen LogP contribution in [0.1, 0.15) is 18.7 Å². The number of fused-ring (bicyclic) bond motifs is 1. The van der Waals surface area contributed by atoms with Crippen molar-refractivity contribution in [1.29, 1.82) is 0 Å². The van der Waals surface area contributed by atoms with Crippen LogP contribution in [0, 0.1) is 24.5 Å². The maximum Gasteiger partial charge on any atom is 0.247 e. The molecule has 4 aromatic rings. The molecule has 3 heterocycles. The third-order valence-electron chi connectivity index (χ3n) is 4.94. The van der Waals surface area contributed by atoms with Gasteiger partial charge in [-0.1, -0.05) is 20.4 Å². The zero-order chi connectivity index (χ0) is 23.7. The van der Waals surface area contributed by atoms with E-state index in [0.717, 1.165) is 29.1 Å². The summed E-state index contributed by atoms with van der Waals surface area (Å²) in [6, 6.07) is 5.75. The molecular weight excluding hydrogens is 444 g/mol. The van der Waals surface area contributed by atoms with Crippen LogP contribution in [0.25, 0.3) is 22.2 Å². The normalized spacial score (nSPS) is 11.2. The first-order valence-corrected chi connectivity index (χ1v) is 11.2. The average Bonchev–Trinajstić information content (AvgIpc) is 3.35. The monoisotopic (exact) mass is 467 g/mol. The van der Waals surface area contributed by atoms with E-state index in [-0.39, 0.29) is 11.3 Å². The van der Waals surface area contributed by atoms with E-state index in [1.54, 1.807) is 6.20 Å². The molecule has 0 saturated heterocycles. The van der Waals surface area contributed by atoms with Gasteiger partial charge in [-0.2, -0.15) is 0 Å². The van der Waals surface area contributed by atoms with Gasteiger partial charge in [0.05, 0.1) is 16.9 Å². The summed E-state index contributed by atoms with van der Waals surface area (Å²) in [6.07, 6.45) is 4.70. The Morgan fingerprint density at radius 3 is 2.73 bits per heavy atom. The summed E-state index contributed by atoms with van der Waals surface area (Å²) < 4.78 is 31.4. The van der Waals surface area contributed by atoms with Gasteiger partial charge >= 0.3 is 0 Å². The van der Waals surface area contributed by atoms with Crippen LogP contribution in [0.5, 0.6) is 0 Å². The molecule has 0 spiro atoms. The molecule has 33 heavy (non-hydrogen) atoms. The molecule has 9 heteroatoms. The smallest absolute Gasteiger partial charge is 0.247 e. The fourth-order valence-corrected chi connectivity index (χ4v) is 4.21. The summed E-state index contributed by atoms with van der Waals surface area (Å²) in [7, 11) is 0. The van der Waals surface area contributed by atoms with E-state index in [0.29, 0.717) is 27.9 Å². The summed E-state index contributed by atoms with van der Waals surface area (Å²) in [4.78, 5) is 21.7. The third kappa shape index (κ3) is 4.78. The highest BCUT2D eigenvalue weighted by Crippen LogP contribution is 2.35. The van der Waals surface area contributed by atoms with Gasteiger partial charge in [0.15, 0.2) is 5.13 Å². The number of aryl methyl sites for hydroxylation is 1. The largest absolute Gasteiger partial charge is 0.347 e. The highest BCUT2D eigenvalue weighted by Gasteiger charge is 2.19. The molecule has 170 valence electrons. The molecule has 0 atom stereocenters. The van der Waals surface area contributed by atoms with Crippen molar-refractivity contribution in [2.24, 2.45) is 5.92 Å². The quantitative estimate of drug-likeness (QED) is 0.314. The van der Waals surface area contributed by atoms with Crippen LogP contribution in [0.4, 0.5) is 25.4 Å². The molecule has 0 radical (unpaired) electrons. The molecule has 2 N–H and O–H groups in total. The van der Waals surface area contributed by atoms with E-state index in [9.17, 15) is 13.6 Å². The van der Waals surface area contributed by atoms with E-state index < -0.39 is 17.5 Å². The van der Waals surface area contributed by atoms with Gasteiger partial charge in [0.1, 0.15) is 17.5 Å². The van der Waals surface area contributed by atoms with Crippen molar-refractivity contribution in [3.05, 3.63) is 65.8 Å². The zero-order valence-electron chi connectivity index (χ0n) is 18.4. The molecule has 0 bridgehead atoms.